The SMILES string of the molecule is CCNC(=O)Nc1ncnc2c1ncn2C1CC(COC(=S)NCC(=O)O)C2O[C@H](/C=C/c3ccccc3)OC21. The molecule has 5 atom stereocenters. The van der Waals surface area contributed by atoms with Gasteiger partial charge in [0.1, 0.15) is 19.0 Å². The lowest BCUT2D eigenvalue weighted by molar-refractivity contribution is -0.135. The van der Waals surface area contributed by atoms with E-state index in [-0.39, 0.29) is 48.5 Å². The number of hydrogen-bond acceptors (Lipinski definition) is 9. The Bertz CT molecular complexity index is 1400. The van der Waals surface area contributed by atoms with Crippen LogP contribution in [0.2, 0.25) is 0 Å². The number of aliphatic carboxylic acids is 1. The molecule has 0 radical (unpaired) electrons. The van der Waals surface area contributed by atoms with Gasteiger partial charge in [-0.3, -0.25) is 10.1 Å². The van der Waals surface area contributed by atoms with Crippen molar-refractivity contribution in [3.05, 3.63) is 54.6 Å². The zero-order valence-electron chi connectivity index (χ0n) is 21.6. The number of carbonyl (C=O) groups excluding carboxylic acids is 1. The van der Waals surface area contributed by atoms with Crippen LogP contribution in [0.3, 0.4) is 0 Å². The summed E-state index contributed by atoms with van der Waals surface area (Å²) in [6.07, 6.45) is 6.16. The van der Waals surface area contributed by atoms with Crippen molar-refractivity contribution in [3.63, 3.8) is 0 Å². The molecule has 2 amide bonds. The first kappa shape index (κ1) is 27.4. The van der Waals surface area contributed by atoms with E-state index in [1.54, 1.807) is 6.33 Å². The second-order valence-electron chi connectivity index (χ2n) is 9.28. The van der Waals surface area contributed by atoms with E-state index in [4.69, 9.17) is 31.5 Å². The fourth-order valence-electron chi connectivity index (χ4n) is 4.92. The number of nitrogens with one attached hydrogen (secondary N) is 3. The molecular formula is C26H29N7O6S. The maximum absolute atomic E-state index is 12.1. The molecule has 0 spiro atoms. The number of urea groups is 1. The average Bonchev–Trinajstić information content (AvgIpc) is 3.64. The molecule has 14 heteroatoms. The van der Waals surface area contributed by atoms with Crippen LogP contribution in [0.25, 0.3) is 17.2 Å². The first-order valence-electron chi connectivity index (χ1n) is 12.8. The second-order valence-corrected chi connectivity index (χ2v) is 9.65. The van der Waals surface area contributed by atoms with Gasteiger partial charge in [0.05, 0.1) is 25.1 Å². The van der Waals surface area contributed by atoms with E-state index in [1.165, 1.54) is 6.33 Å². The first-order chi connectivity index (χ1) is 19.4. The molecule has 40 heavy (non-hydrogen) atoms. The average molecular weight is 568 g/mol. The number of carbonyl (C=O) groups is 2. The minimum Gasteiger partial charge on any atom is -0.480 e. The fourth-order valence-corrected chi connectivity index (χ4v) is 5.06. The summed E-state index contributed by atoms with van der Waals surface area (Å²) in [5, 5.41) is 16.8. The van der Waals surface area contributed by atoms with Crippen molar-refractivity contribution < 1.29 is 28.9 Å². The van der Waals surface area contributed by atoms with Gasteiger partial charge in [-0.2, -0.15) is 0 Å². The highest BCUT2D eigenvalue weighted by Crippen LogP contribution is 2.45. The van der Waals surface area contributed by atoms with Gasteiger partial charge in [-0.15, -0.1) is 0 Å². The quantitative estimate of drug-likeness (QED) is 0.281. The van der Waals surface area contributed by atoms with Crippen LogP contribution in [-0.2, 0) is 19.0 Å². The van der Waals surface area contributed by atoms with Crippen LogP contribution in [0.1, 0.15) is 24.9 Å². The smallest absolute Gasteiger partial charge is 0.323 e. The molecule has 3 aromatic rings. The zero-order chi connectivity index (χ0) is 28.1. The van der Waals surface area contributed by atoms with Crippen molar-refractivity contribution in [1.82, 2.24) is 30.2 Å². The lowest BCUT2D eigenvalue weighted by atomic mass is 10.1. The Morgan fingerprint density at radius 3 is 2.75 bits per heavy atom. The van der Waals surface area contributed by atoms with E-state index in [2.05, 4.69) is 30.9 Å². The van der Waals surface area contributed by atoms with Gasteiger partial charge < -0.3 is 34.5 Å². The van der Waals surface area contributed by atoms with Gasteiger partial charge in [-0.05, 0) is 37.2 Å². The van der Waals surface area contributed by atoms with Gasteiger partial charge in [0, 0.05) is 12.5 Å². The molecular weight excluding hydrogens is 538 g/mol. The number of rotatable bonds is 9. The topological polar surface area (TPSA) is 162 Å². The normalized spacial score (nSPS) is 23.7. The van der Waals surface area contributed by atoms with Crippen molar-refractivity contribution >= 4 is 52.5 Å². The highest BCUT2D eigenvalue weighted by Gasteiger charge is 2.52. The van der Waals surface area contributed by atoms with Crippen molar-refractivity contribution in [1.29, 1.82) is 0 Å². The van der Waals surface area contributed by atoms with Crippen LogP contribution in [0.5, 0.6) is 0 Å². The molecule has 2 aromatic heterocycles. The molecule has 1 aliphatic carbocycles. The van der Waals surface area contributed by atoms with E-state index in [9.17, 15) is 9.59 Å². The number of carboxylic acids is 1. The van der Waals surface area contributed by atoms with Gasteiger partial charge >= 0.3 is 12.0 Å². The number of benzene rings is 1. The number of thiocarbonyl (C=S) groups is 1. The number of ether oxygens (including phenoxy) is 3. The molecule has 210 valence electrons. The third kappa shape index (κ3) is 6.19. The van der Waals surface area contributed by atoms with Crippen LogP contribution in [0.4, 0.5) is 10.6 Å². The van der Waals surface area contributed by atoms with Crippen LogP contribution in [-0.4, -0.2) is 80.0 Å². The van der Waals surface area contributed by atoms with E-state index in [1.807, 2.05) is 54.0 Å². The molecule has 13 nitrogen and oxygen atoms in total. The predicted molar refractivity (Wildman–Crippen MR) is 148 cm³/mol. The van der Waals surface area contributed by atoms with E-state index in [0.29, 0.717) is 29.9 Å². The van der Waals surface area contributed by atoms with E-state index < -0.39 is 12.3 Å². The van der Waals surface area contributed by atoms with Gasteiger partial charge in [-0.25, -0.2) is 19.7 Å². The van der Waals surface area contributed by atoms with E-state index >= 15 is 0 Å². The highest BCUT2D eigenvalue weighted by atomic mass is 32.1. The number of imidazole rings is 1. The Labute approximate surface area is 234 Å². The van der Waals surface area contributed by atoms with Crippen LogP contribution in [0.15, 0.2) is 49.1 Å². The van der Waals surface area contributed by atoms with Crippen molar-refractivity contribution in [3.8, 4) is 0 Å². The highest BCUT2D eigenvalue weighted by molar-refractivity contribution is 7.80. The van der Waals surface area contributed by atoms with E-state index in [0.717, 1.165) is 5.56 Å². The molecule has 3 heterocycles. The molecule has 1 aliphatic heterocycles. The predicted octanol–water partition coefficient (Wildman–Crippen LogP) is 2.33. The summed E-state index contributed by atoms with van der Waals surface area (Å²) in [5.74, 6) is -0.865. The van der Waals surface area contributed by atoms with Crippen LogP contribution < -0.4 is 16.0 Å². The molecule has 0 bridgehead atoms. The molecule has 2 fully saturated rings. The number of amides is 2. The van der Waals surface area contributed by atoms with Crippen LogP contribution >= 0.6 is 12.2 Å². The molecule has 2 aliphatic rings. The minimum absolute atomic E-state index is 0.00346. The van der Waals surface area contributed by atoms with Gasteiger partial charge in [0.2, 0.25) is 0 Å². The Morgan fingerprint density at radius 1 is 1.18 bits per heavy atom. The number of hydrogen-bond donors (Lipinski definition) is 4. The first-order valence-corrected chi connectivity index (χ1v) is 13.2. The lowest BCUT2D eigenvalue weighted by Crippen LogP contribution is -2.33. The van der Waals surface area contributed by atoms with Crippen LogP contribution in [0, 0.1) is 5.92 Å². The van der Waals surface area contributed by atoms with Gasteiger partial charge in [0.15, 0.2) is 23.3 Å². The van der Waals surface area contributed by atoms with Gasteiger partial charge in [0.25, 0.3) is 5.17 Å². The number of aromatic nitrogens is 4. The summed E-state index contributed by atoms with van der Waals surface area (Å²) in [7, 11) is 0. The van der Waals surface area contributed by atoms with Gasteiger partial charge in [-0.1, -0.05) is 36.4 Å². The summed E-state index contributed by atoms with van der Waals surface area (Å²) in [4.78, 5) is 36.1. The fraction of sp³-hybridized carbons (Fsp3) is 0.385. The lowest BCUT2D eigenvalue weighted by Gasteiger charge is -2.20. The Hall–Kier alpha value is -4.14. The number of fused-ring (bicyclic) bond motifs is 2. The third-order valence-electron chi connectivity index (χ3n) is 6.64. The van der Waals surface area contributed by atoms with Crippen molar-refractivity contribution in [2.45, 2.75) is 37.9 Å². The molecule has 4 N–H and O–H groups in total. The molecule has 1 saturated heterocycles. The maximum atomic E-state index is 12.1. The maximum Gasteiger partial charge on any atom is 0.323 e. The summed E-state index contributed by atoms with van der Waals surface area (Å²) in [6, 6.07) is 9.23. The largest absolute Gasteiger partial charge is 0.480 e. The molecule has 4 unspecified atom stereocenters. The Kier molecular flexibility index (Phi) is 8.48. The summed E-state index contributed by atoms with van der Waals surface area (Å²) in [6.45, 7) is 2.15. The third-order valence-corrected chi connectivity index (χ3v) is 6.90. The number of anilines is 1. The Morgan fingerprint density at radius 2 is 1.98 bits per heavy atom. The summed E-state index contributed by atoms with van der Waals surface area (Å²) < 4.78 is 20.3. The number of nitrogens with zero attached hydrogens (tertiary/aromatic N) is 4. The van der Waals surface area contributed by atoms with Crippen molar-refractivity contribution in [2.24, 2.45) is 5.92 Å². The standard InChI is InChI=1S/C26H29N7O6S/c1-2-27-25(36)32-23-20-24(30-13-29-23)33(14-31-20)17-10-16(12-37-26(40)28-11-18(34)35)21-22(17)39-19(38-21)9-8-15-6-4-3-5-7-15/h3-9,13-14,16-17,19,21-22H,2,10-12H2,1H3,(H,28,40)(H,34,35)(H2,27,29,30,32,36)/b9-8+/t16?,17?,19-,21?,22?/m0/s1. The monoisotopic (exact) mass is 567 g/mol. The molecule has 5 rings (SSSR count). The minimum atomic E-state index is -1.04. The number of carboxylic acid groups (broad SMARTS) is 1. The summed E-state index contributed by atoms with van der Waals surface area (Å²) in [5.41, 5.74) is 2.00. The second kappa shape index (κ2) is 12.4. The zero-order valence-corrected chi connectivity index (χ0v) is 22.4. The molecule has 1 aromatic carbocycles. The molecule has 1 saturated carbocycles. The summed E-state index contributed by atoms with van der Waals surface area (Å²) >= 11 is 5.13. The van der Waals surface area contributed by atoms with Crippen molar-refractivity contribution in [2.75, 3.05) is 25.0 Å². The Balaban J connectivity index is 1.37.